The fourth-order valence-electron chi connectivity index (χ4n) is 2.52. The summed E-state index contributed by atoms with van der Waals surface area (Å²) in [5, 5.41) is 10.2. The van der Waals surface area contributed by atoms with Crippen LogP contribution >= 0.6 is 11.8 Å². The Bertz CT molecular complexity index is 1040. The summed E-state index contributed by atoms with van der Waals surface area (Å²) in [5.74, 6) is 4.69. The highest BCUT2D eigenvalue weighted by Gasteiger charge is 2.21. The number of carbonyl (C=O) groups excluding carboxylic acids is 1. The topological polar surface area (TPSA) is 89.1 Å². The summed E-state index contributed by atoms with van der Waals surface area (Å²) in [6.45, 7) is 1.61. The molecule has 3 aromatic rings. The zero-order valence-corrected chi connectivity index (χ0v) is 16.9. The third kappa shape index (κ3) is 4.65. The van der Waals surface area contributed by atoms with Crippen LogP contribution in [0, 0.1) is 11.6 Å². The van der Waals surface area contributed by atoms with Gasteiger partial charge in [0.15, 0.2) is 5.82 Å². The average Bonchev–Trinajstić information content (AvgIpc) is 3.05. The number of nitrogens with one attached hydrogen (secondary N) is 1. The fraction of sp³-hybridized carbons (Fsp3) is 0.211. The molecule has 0 saturated heterocycles. The summed E-state index contributed by atoms with van der Waals surface area (Å²) >= 11 is 1.06. The third-order valence-electron chi connectivity index (χ3n) is 4.12. The van der Waals surface area contributed by atoms with E-state index in [0.29, 0.717) is 11.0 Å². The SMILES string of the molecule is CC(Sc1nnc(-c2cccc(N(C)C)c2)n1N)C(=O)Nc1cc(F)ccc1F. The number of benzene rings is 2. The van der Waals surface area contributed by atoms with Gasteiger partial charge in [0.25, 0.3) is 0 Å². The quantitative estimate of drug-likeness (QED) is 0.472. The van der Waals surface area contributed by atoms with Gasteiger partial charge in [-0.25, -0.2) is 13.5 Å². The van der Waals surface area contributed by atoms with E-state index in [9.17, 15) is 13.6 Å². The van der Waals surface area contributed by atoms with Gasteiger partial charge >= 0.3 is 0 Å². The largest absolute Gasteiger partial charge is 0.378 e. The van der Waals surface area contributed by atoms with Crippen molar-refractivity contribution in [3.05, 3.63) is 54.1 Å². The van der Waals surface area contributed by atoms with Crippen LogP contribution in [-0.2, 0) is 4.79 Å². The predicted octanol–water partition coefficient (Wildman–Crippen LogP) is 3.12. The van der Waals surface area contributed by atoms with Crippen molar-refractivity contribution in [1.29, 1.82) is 0 Å². The molecule has 0 saturated carbocycles. The maximum absolute atomic E-state index is 13.7. The second-order valence-corrected chi connectivity index (χ2v) is 7.80. The van der Waals surface area contributed by atoms with Crippen molar-refractivity contribution in [2.24, 2.45) is 0 Å². The van der Waals surface area contributed by atoms with Crippen molar-refractivity contribution in [2.45, 2.75) is 17.3 Å². The molecule has 3 N–H and O–H groups in total. The van der Waals surface area contributed by atoms with Crippen molar-refractivity contribution >= 4 is 29.0 Å². The summed E-state index contributed by atoms with van der Waals surface area (Å²) in [6, 6.07) is 10.5. The lowest BCUT2D eigenvalue weighted by molar-refractivity contribution is -0.115. The van der Waals surface area contributed by atoms with Crippen molar-refractivity contribution in [2.75, 3.05) is 30.2 Å². The Labute approximate surface area is 170 Å². The molecule has 10 heteroatoms. The smallest absolute Gasteiger partial charge is 0.237 e. The number of halogens is 2. The predicted molar refractivity (Wildman–Crippen MR) is 110 cm³/mol. The molecule has 0 fully saturated rings. The van der Waals surface area contributed by atoms with Gasteiger partial charge in [0.05, 0.1) is 10.9 Å². The second kappa shape index (κ2) is 8.48. The number of thioether (sulfide) groups is 1. The van der Waals surface area contributed by atoms with Crippen LogP contribution in [0.5, 0.6) is 0 Å². The van der Waals surface area contributed by atoms with E-state index in [0.717, 1.165) is 41.2 Å². The van der Waals surface area contributed by atoms with Crippen LogP contribution in [0.4, 0.5) is 20.2 Å². The first-order valence-corrected chi connectivity index (χ1v) is 9.55. The van der Waals surface area contributed by atoms with Crippen LogP contribution < -0.4 is 16.1 Å². The Balaban J connectivity index is 1.74. The van der Waals surface area contributed by atoms with Crippen LogP contribution in [-0.4, -0.2) is 40.1 Å². The Morgan fingerprint density at radius 1 is 1.21 bits per heavy atom. The molecule has 1 atom stereocenters. The van der Waals surface area contributed by atoms with E-state index in [2.05, 4.69) is 15.5 Å². The molecule has 1 heterocycles. The van der Waals surface area contributed by atoms with E-state index in [-0.39, 0.29) is 5.69 Å². The maximum atomic E-state index is 13.7. The normalized spacial score (nSPS) is 11.9. The molecule has 1 aromatic heterocycles. The lowest BCUT2D eigenvalue weighted by Crippen LogP contribution is -2.24. The summed E-state index contributed by atoms with van der Waals surface area (Å²) in [6.07, 6.45) is 0. The number of nitrogens with two attached hydrogens (primary N) is 1. The zero-order valence-electron chi connectivity index (χ0n) is 16.1. The molecular weight excluding hydrogens is 398 g/mol. The molecule has 0 radical (unpaired) electrons. The number of nitrogen functional groups attached to an aromatic ring is 1. The van der Waals surface area contributed by atoms with Crippen molar-refractivity contribution in [3.63, 3.8) is 0 Å². The van der Waals surface area contributed by atoms with E-state index < -0.39 is 22.8 Å². The minimum atomic E-state index is -0.720. The summed E-state index contributed by atoms with van der Waals surface area (Å²) in [7, 11) is 3.85. The van der Waals surface area contributed by atoms with Gasteiger partial charge in [0.1, 0.15) is 11.6 Å². The lowest BCUT2D eigenvalue weighted by atomic mass is 10.2. The number of carbonyl (C=O) groups is 1. The molecule has 0 bridgehead atoms. The molecule has 0 aliphatic heterocycles. The van der Waals surface area contributed by atoms with Gasteiger partial charge in [-0.3, -0.25) is 4.79 Å². The average molecular weight is 418 g/mol. The minimum absolute atomic E-state index is 0.224. The zero-order chi connectivity index (χ0) is 21.1. The molecule has 29 heavy (non-hydrogen) atoms. The Kier molecular flexibility index (Phi) is 6.02. The van der Waals surface area contributed by atoms with Gasteiger partial charge in [-0.05, 0) is 31.2 Å². The summed E-state index contributed by atoms with van der Waals surface area (Å²) < 4.78 is 28.3. The molecule has 0 aliphatic carbocycles. The van der Waals surface area contributed by atoms with E-state index in [1.54, 1.807) is 6.92 Å². The van der Waals surface area contributed by atoms with E-state index in [1.165, 1.54) is 4.68 Å². The lowest BCUT2D eigenvalue weighted by Gasteiger charge is -2.14. The van der Waals surface area contributed by atoms with Gasteiger partial charge in [-0.15, -0.1) is 10.2 Å². The van der Waals surface area contributed by atoms with Crippen LogP contribution in [0.2, 0.25) is 0 Å². The minimum Gasteiger partial charge on any atom is -0.378 e. The number of hydrogen-bond donors (Lipinski definition) is 2. The van der Waals surface area contributed by atoms with Crippen molar-refractivity contribution in [1.82, 2.24) is 14.9 Å². The molecule has 0 spiro atoms. The van der Waals surface area contributed by atoms with Gasteiger partial charge in [0.2, 0.25) is 11.1 Å². The van der Waals surface area contributed by atoms with E-state index in [4.69, 9.17) is 5.84 Å². The Morgan fingerprint density at radius 3 is 2.69 bits per heavy atom. The summed E-state index contributed by atoms with van der Waals surface area (Å²) in [4.78, 5) is 14.3. The highest BCUT2D eigenvalue weighted by Crippen LogP contribution is 2.27. The highest BCUT2D eigenvalue weighted by molar-refractivity contribution is 8.00. The third-order valence-corrected chi connectivity index (χ3v) is 5.18. The number of amides is 1. The van der Waals surface area contributed by atoms with E-state index in [1.807, 2.05) is 43.3 Å². The first kappa shape index (κ1) is 20.6. The molecule has 1 amide bonds. The molecule has 3 rings (SSSR count). The van der Waals surface area contributed by atoms with Crippen LogP contribution in [0.1, 0.15) is 6.92 Å². The first-order valence-electron chi connectivity index (χ1n) is 8.67. The Hall–Kier alpha value is -3.14. The van der Waals surface area contributed by atoms with Crippen LogP contribution in [0.25, 0.3) is 11.4 Å². The number of hydrogen-bond acceptors (Lipinski definition) is 6. The number of rotatable bonds is 6. The van der Waals surface area contributed by atoms with Gasteiger partial charge < -0.3 is 16.1 Å². The van der Waals surface area contributed by atoms with Gasteiger partial charge in [0, 0.05) is 31.4 Å². The summed E-state index contributed by atoms with van der Waals surface area (Å²) in [5.41, 5.74) is 1.53. The van der Waals surface area contributed by atoms with E-state index >= 15 is 0 Å². The maximum Gasteiger partial charge on any atom is 0.237 e. The molecule has 7 nitrogen and oxygen atoms in total. The van der Waals surface area contributed by atoms with Crippen LogP contribution in [0.3, 0.4) is 0 Å². The first-order chi connectivity index (χ1) is 13.8. The Morgan fingerprint density at radius 2 is 1.97 bits per heavy atom. The monoisotopic (exact) mass is 418 g/mol. The van der Waals surface area contributed by atoms with Crippen LogP contribution in [0.15, 0.2) is 47.6 Å². The molecule has 152 valence electrons. The van der Waals surface area contributed by atoms with Gasteiger partial charge in [-0.1, -0.05) is 23.9 Å². The number of aromatic nitrogens is 3. The molecule has 0 aliphatic rings. The second-order valence-electron chi connectivity index (χ2n) is 6.49. The standard InChI is InChI=1S/C19H20F2N6OS/c1-11(18(28)23-16-10-13(20)7-8-15(16)21)29-19-25-24-17(27(19)22)12-5-4-6-14(9-12)26(2)3/h4-11H,22H2,1-3H3,(H,23,28). The molecule has 1 unspecified atom stereocenters. The molecular formula is C19H20F2N6OS. The van der Waals surface area contributed by atoms with Crippen molar-refractivity contribution < 1.29 is 13.6 Å². The number of anilines is 2. The highest BCUT2D eigenvalue weighted by atomic mass is 32.2. The fourth-order valence-corrected chi connectivity index (χ4v) is 3.29. The molecule has 2 aromatic carbocycles. The van der Waals surface area contributed by atoms with Gasteiger partial charge in [-0.2, -0.15) is 0 Å². The van der Waals surface area contributed by atoms with Crippen molar-refractivity contribution in [3.8, 4) is 11.4 Å². The number of nitrogens with zero attached hydrogens (tertiary/aromatic N) is 4.